The van der Waals surface area contributed by atoms with Crippen molar-refractivity contribution in [1.29, 1.82) is 0 Å². The van der Waals surface area contributed by atoms with E-state index in [1.807, 2.05) is 19.9 Å². The maximum Gasteiger partial charge on any atom is 0.269 e. The molecule has 0 bridgehead atoms. The van der Waals surface area contributed by atoms with Crippen LogP contribution in [0.25, 0.3) is 0 Å². The van der Waals surface area contributed by atoms with Crippen molar-refractivity contribution in [3.05, 3.63) is 39.9 Å². The van der Waals surface area contributed by atoms with E-state index in [4.69, 9.17) is 4.74 Å². The maximum absolute atomic E-state index is 10.7. The Kier molecular flexibility index (Phi) is 5.06. The summed E-state index contributed by atoms with van der Waals surface area (Å²) in [7, 11) is 1.65. The first kappa shape index (κ1) is 13.6. The molecule has 1 N–H and O–H groups in total. The molecule has 5 heteroatoms. The Labute approximate surface area is 101 Å². The van der Waals surface area contributed by atoms with E-state index in [1.165, 1.54) is 6.07 Å². The zero-order valence-electron chi connectivity index (χ0n) is 10.3. The molecule has 0 aromatic heterocycles. The van der Waals surface area contributed by atoms with Crippen LogP contribution >= 0.6 is 0 Å². The van der Waals surface area contributed by atoms with Crippen LogP contribution in [-0.2, 0) is 4.74 Å². The summed E-state index contributed by atoms with van der Waals surface area (Å²) in [5, 5.41) is 14.0. The molecular formula is C12H18N2O3. The number of methoxy groups -OCH3 is 1. The van der Waals surface area contributed by atoms with Gasteiger partial charge in [-0.05, 0) is 19.4 Å². The average molecular weight is 238 g/mol. The van der Waals surface area contributed by atoms with Crippen molar-refractivity contribution >= 4 is 5.69 Å². The Morgan fingerprint density at radius 3 is 2.76 bits per heavy atom. The molecule has 2 atom stereocenters. The molecule has 5 nitrogen and oxygen atoms in total. The monoisotopic (exact) mass is 238 g/mol. The highest BCUT2D eigenvalue weighted by Crippen LogP contribution is 2.19. The van der Waals surface area contributed by atoms with Gasteiger partial charge in [-0.25, -0.2) is 0 Å². The van der Waals surface area contributed by atoms with E-state index in [0.717, 1.165) is 5.56 Å². The van der Waals surface area contributed by atoms with Crippen LogP contribution in [0.15, 0.2) is 24.3 Å². The summed E-state index contributed by atoms with van der Waals surface area (Å²) in [5.41, 5.74) is 1.03. The Bertz CT molecular complexity index is 382. The van der Waals surface area contributed by atoms with E-state index in [1.54, 1.807) is 19.2 Å². The van der Waals surface area contributed by atoms with Crippen LogP contribution in [0.4, 0.5) is 5.69 Å². The second-order valence-corrected chi connectivity index (χ2v) is 4.10. The topological polar surface area (TPSA) is 64.4 Å². The first-order valence-corrected chi connectivity index (χ1v) is 5.54. The van der Waals surface area contributed by atoms with E-state index in [9.17, 15) is 10.1 Å². The molecule has 0 radical (unpaired) electrons. The van der Waals surface area contributed by atoms with Crippen LogP contribution in [0, 0.1) is 10.1 Å². The predicted octanol–water partition coefficient (Wildman–Crippen LogP) is 2.28. The fraction of sp³-hybridized carbons (Fsp3) is 0.500. The van der Waals surface area contributed by atoms with Crippen molar-refractivity contribution in [3.63, 3.8) is 0 Å². The quantitative estimate of drug-likeness (QED) is 0.610. The van der Waals surface area contributed by atoms with Crippen molar-refractivity contribution in [2.75, 3.05) is 13.7 Å². The summed E-state index contributed by atoms with van der Waals surface area (Å²) < 4.78 is 5.03. The lowest BCUT2D eigenvalue weighted by Gasteiger charge is -2.19. The molecule has 0 spiro atoms. The zero-order valence-corrected chi connectivity index (χ0v) is 10.3. The Morgan fingerprint density at radius 2 is 2.18 bits per heavy atom. The van der Waals surface area contributed by atoms with E-state index in [0.29, 0.717) is 6.61 Å². The molecule has 0 amide bonds. The van der Waals surface area contributed by atoms with Gasteiger partial charge in [-0.15, -0.1) is 0 Å². The second-order valence-electron chi connectivity index (χ2n) is 4.10. The highest BCUT2D eigenvalue weighted by molar-refractivity contribution is 5.35. The van der Waals surface area contributed by atoms with Gasteiger partial charge in [-0.3, -0.25) is 10.1 Å². The van der Waals surface area contributed by atoms with Gasteiger partial charge in [0.25, 0.3) is 5.69 Å². The molecule has 0 aliphatic carbocycles. The minimum absolute atomic E-state index is 0.0556. The van der Waals surface area contributed by atoms with E-state index in [2.05, 4.69) is 5.32 Å². The number of nitrogens with one attached hydrogen (secondary N) is 1. The molecule has 0 fully saturated rings. The van der Waals surface area contributed by atoms with Gasteiger partial charge in [0.1, 0.15) is 0 Å². The van der Waals surface area contributed by atoms with E-state index < -0.39 is 0 Å². The highest BCUT2D eigenvalue weighted by atomic mass is 16.6. The van der Waals surface area contributed by atoms with Gasteiger partial charge in [0, 0.05) is 31.3 Å². The van der Waals surface area contributed by atoms with Gasteiger partial charge in [0.15, 0.2) is 0 Å². The number of nitro groups is 1. The molecule has 17 heavy (non-hydrogen) atoms. The van der Waals surface area contributed by atoms with Crippen LogP contribution in [-0.4, -0.2) is 24.7 Å². The Morgan fingerprint density at radius 1 is 1.47 bits per heavy atom. The standard InChI is InChI=1S/C12H18N2O3/c1-9(8-17-3)13-10(2)11-5-4-6-12(7-11)14(15)16/h4-7,9-10,13H,8H2,1-3H3. The van der Waals surface area contributed by atoms with Gasteiger partial charge in [0.2, 0.25) is 0 Å². The van der Waals surface area contributed by atoms with Crippen LogP contribution in [0.5, 0.6) is 0 Å². The largest absolute Gasteiger partial charge is 0.383 e. The third kappa shape index (κ3) is 4.13. The molecule has 0 heterocycles. The van der Waals surface area contributed by atoms with Crippen LogP contribution in [0.3, 0.4) is 0 Å². The number of rotatable bonds is 6. The summed E-state index contributed by atoms with van der Waals surface area (Å²) in [6.07, 6.45) is 0. The molecule has 2 unspecified atom stereocenters. The van der Waals surface area contributed by atoms with Gasteiger partial charge >= 0.3 is 0 Å². The molecule has 1 aromatic carbocycles. The Hall–Kier alpha value is -1.46. The number of nitrogens with zero attached hydrogens (tertiary/aromatic N) is 1. The third-order valence-electron chi connectivity index (χ3n) is 2.53. The summed E-state index contributed by atoms with van der Waals surface area (Å²) in [4.78, 5) is 10.3. The zero-order chi connectivity index (χ0) is 12.8. The smallest absolute Gasteiger partial charge is 0.269 e. The molecule has 0 aliphatic heterocycles. The van der Waals surface area contributed by atoms with Gasteiger partial charge in [0.05, 0.1) is 11.5 Å². The minimum Gasteiger partial charge on any atom is -0.383 e. The number of nitro benzene ring substituents is 1. The molecule has 0 saturated heterocycles. The van der Waals surface area contributed by atoms with Crippen molar-refractivity contribution in [3.8, 4) is 0 Å². The SMILES string of the molecule is COCC(C)NC(C)c1cccc([N+](=O)[O-])c1. The summed E-state index contributed by atoms with van der Waals surface area (Å²) in [6.45, 7) is 4.60. The normalized spacial score (nSPS) is 14.3. The predicted molar refractivity (Wildman–Crippen MR) is 66.0 cm³/mol. The van der Waals surface area contributed by atoms with Crippen LogP contribution < -0.4 is 5.32 Å². The third-order valence-corrected chi connectivity index (χ3v) is 2.53. The van der Waals surface area contributed by atoms with Crippen molar-refractivity contribution in [1.82, 2.24) is 5.32 Å². The second kappa shape index (κ2) is 6.32. The molecule has 0 aliphatic rings. The van der Waals surface area contributed by atoms with Gasteiger partial charge in [-0.2, -0.15) is 0 Å². The molecule has 94 valence electrons. The minimum atomic E-state index is -0.380. The summed E-state index contributed by atoms with van der Waals surface area (Å²) in [5.74, 6) is 0. The number of ether oxygens (including phenoxy) is 1. The van der Waals surface area contributed by atoms with E-state index in [-0.39, 0.29) is 22.7 Å². The van der Waals surface area contributed by atoms with E-state index >= 15 is 0 Å². The molecule has 1 rings (SSSR count). The highest BCUT2D eigenvalue weighted by Gasteiger charge is 2.12. The summed E-state index contributed by atoms with van der Waals surface area (Å²) in [6, 6.07) is 6.93. The lowest BCUT2D eigenvalue weighted by Crippen LogP contribution is -2.32. The van der Waals surface area contributed by atoms with Gasteiger partial charge < -0.3 is 10.1 Å². The lowest BCUT2D eigenvalue weighted by molar-refractivity contribution is -0.384. The number of benzene rings is 1. The molecule has 0 saturated carbocycles. The average Bonchev–Trinajstić information content (AvgIpc) is 2.29. The summed E-state index contributed by atoms with van der Waals surface area (Å²) >= 11 is 0. The first-order valence-electron chi connectivity index (χ1n) is 5.54. The van der Waals surface area contributed by atoms with Crippen LogP contribution in [0.2, 0.25) is 0 Å². The van der Waals surface area contributed by atoms with Crippen LogP contribution in [0.1, 0.15) is 25.5 Å². The fourth-order valence-electron chi connectivity index (χ4n) is 1.73. The van der Waals surface area contributed by atoms with Crippen molar-refractivity contribution in [2.24, 2.45) is 0 Å². The van der Waals surface area contributed by atoms with Crippen molar-refractivity contribution < 1.29 is 9.66 Å². The number of hydrogen-bond acceptors (Lipinski definition) is 4. The molecule has 1 aromatic rings. The fourth-order valence-corrected chi connectivity index (χ4v) is 1.73. The number of non-ortho nitro benzene ring substituents is 1. The maximum atomic E-state index is 10.7. The van der Waals surface area contributed by atoms with Crippen molar-refractivity contribution in [2.45, 2.75) is 25.9 Å². The number of hydrogen-bond donors (Lipinski definition) is 1. The Balaban J connectivity index is 2.71. The lowest BCUT2D eigenvalue weighted by atomic mass is 10.1. The van der Waals surface area contributed by atoms with Gasteiger partial charge in [-0.1, -0.05) is 12.1 Å². The first-order chi connectivity index (χ1) is 8.04. The molecular weight excluding hydrogens is 220 g/mol.